The molecule has 3 nitrogen and oxygen atoms in total. The molecule has 2 N–H and O–H groups in total. The number of aromatic nitrogens is 1. The summed E-state index contributed by atoms with van der Waals surface area (Å²) >= 11 is 1.64. The van der Waals surface area contributed by atoms with Crippen molar-refractivity contribution in [2.24, 2.45) is 5.73 Å². The van der Waals surface area contributed by atoms with Gasteiger partial charge in [-0.15, -0.1) is 0 Å². The number of hydrogen-bond acceptors (Lipinski definition) is 4. The Kier molecular flexibility index (Phi) is 5.36. The summed E-state index contributed by atoms with van der Waals surface area (Å²) in [4.78, 5) is 14.8. The summed E-state index contributed by atoms with van der Waals surface area (Å²) in [6.45, 7) is 2.08. The topological polar surface area (TPSA) is 56.0 Å². The van der Waals surface area contributed by atoms with E-state index in [1.807, 2.05) is 18.2 Å². The van der Waals surface area contributed by atoms with Crippen molar-refractivity contribution in [3.63, 3.8) is 0 Å². The lowest BCUT2D eigenvalue weighted by Crippen LogP contribution is -2.24. The van der Waals surface area contributed by atoms with Crippen LogP contribution in [-0.2, 0) is 17.0 Å². The van der Waals surface area contributed by atoms with Crippen LogP contribution in [0.2, 0.25) is 0 Å². The molecule has 0 unspecified atom stereocenters. The molecule has 0 aliphatic rings. The first-order valence-electron chi connectivity index (χ1n) is 4.99. The molecule has 0 aromatic carbocycles. The van der Waals surface area contributed by atoms with Gasteiger partial charge in [0.25, 0.3) is 0 Å². The number of pyridine rings is 1. The largest absolute Gasteiger partial charge is 0.321 e. The average Bonchev–Trinajstić information content (AvgIpc) is 2.29. The minimum atomic E-state index is -0.357. The standard InChI is InChI=1S/C11H16N2OS/c1-2-10-4-3-5-11(13-10)8-15-7-9(12)6-14/h3-6,9H,2,7-8,12H2,1H3/t9-/m1/s1. The quantitative estimate of drug-likeness (QED) is 0.742. The minimum absolute atomic E-state index is 0.357. The van der Waals surface area contributed by atoms with E-state index in [1.54, 1.807) is 11.8 Å². The maximum absolute atomic E-state index is 10.3. The smallest absolute Gasteiger partial charge is 0.137 e. The number of thioether (sulfide) groups is 1. The zero-order valence-corrected chi connectivity index (χ0v) is 9.67. The van der Waals surface area contributed by atoms with Crippen LogP contribution in [0.25, 0.3) is 0 Å². The third kappa shape index (κ3) is 4.44. The number of hydrogen-bond donors (Lipinski definition) is 1. The third-order valence-corrected chi connectivity index (χ3v) is 3.08. The van der Waals surface area contributed by atoms with Crippen molar-refractivity contribution in [1.82, 2.24) is 4.98 Å². The number of nitrogens with two attached hydrogens (primary N) is 1. The average molecular weight is 224 g/mol. The summed E-state index contributed by atoms with van der Waals surface area (Å²) in [5, 5.41) is 0. The number of carbonyl (C=O) groups is 1. The molecule has 0 saturated carbocycles. The molecule has 0 saturated heterocycles. The summed E-state index contributed by atoms with van der Waals surface area (Å²) < 4.78 is 0. The van der Waals surface area contributed by atoms with Crippen LogP contribution in [0.3, 0.4) is 0 Å². The molecule has 4 heteroatoms. The van der Waals surface area contributed by atoms with E-state index >= 15 is 0 Å². The first-order valence-corrected chi connectivity index (χ1v) is 6.15. The Hall–Kier alpha value is -0.870. The summed E-state index contributed by atoms with van der Waals surface area (Å²) in [7, 11) is 0. The summed E-state index contributed by atoms with van der Waals surface area (Å²) in [5.74, 6) is 1.47. The van der Waals surface area contributed by atoms with Crippen molar-refractivity contribution in [1.29, 1.82) is 0 Å². The number of carbonyl (C=O) groups excluding carboxylic acids is 1. The van der Waals surface area contributed by atoms with E-state index in [0.717, 1.165) is 29.8 Å². The molecular weight excluding hydrogens is 208 g/mol. The van der Waals surface area contributed by atoms with E-state index in [0.29, 0.717) is 5.75 Å². The fourth-order valence-electron chi connectivity index (χ4n) is 1.15. The van der Waals surface area contributed by atoms with Gasteiger partial charge in [-0.2, -0.15) is 11.8 Å². The van der Waals surface area contributed by atoms with Gasteiger partial charge in [-0.25, -0.2) is 0 Å². The highest BCUT2D eigenvalue weighted by atomic mass is 32.2. The van der Waals surface area contributed by atoms with Gasteiger partial charge in [0.05, 0.1) is 11.7 Å². The normalized spacial score (nSPS) is 12.4. The van der Waals surface area contributed by atoms with Crippen LogP contribution in [0.4, 0.5) is 0 Å². The molecule has 1 rings (SSSR count). The predicted octanol–water partition coefficient (Wildman–Crippen LogP) is 1.40. The van der Waals surface area contributed by atoms with Crippen LogP contribution < -0.4 is 5.73 Å². The highest BCUT2D eigenvalue weighted by molar-refractivity contribution is 7.98. The van der Waals surface area contributed by atoms with Crippen LogP contribution in [0.1, 0.15) is 18.3 Å². The fourth-order valence-corrected chi connectivity index (χ4v) is 1.98. The molecule has 82 valence electrons. The van der Waals surface area contributed by atoms with Gasteiger partial charge in [0, 0.05) is 17.2 Å². The van der Waals surface area contributed by atoms with Gasteiger partial charge in [-0.3, -0.25) is 4.98 Å². The van der Waals surface area contributed by atoms with Gasteiger partial charge in [0.2, 0.25) is 0 Å². The van der Waals surface area contributed by atoms with Gasteiger partial charge in [0.15, 0.2) is 0 Å². The van der Waals surface area contributed by atoms with Crippen molar-refractivity contribution in [2.45, 2.75) is 25.1 Å². The Morgan fingerprint density at radius 3 is 2.93 bits per heavy atom. The lowest BCUT2D eigenvalue weighted by molar-refractivity contribution is -0.108. The number of aryl methyl sites for hydroxylation is 1. The van der Waals surface area contributed by atoms with Crippen molar-refractivity contribution in [3.8, 4) is 0 Å². The molecule has 1 aromatic rings. The molecule has 1 heterocycles. The van der Waals surface area contributed by atoms with Crippen LogP contribution in [0, 0.1) is 0 Å². The van der Waals surface area contributed by atoms with Crippen LogP contribution in [-0.4, -0.2) is 23.1 Å². The molecule has 0 aliphatic carbocycles. The zero-order valence-electron chi connectivity index (χ0n) is 8.85. The number of rotatable bonds is 6. The molecule has 0 bridgehead atoms. The fraction of sp³-hybridized carbons (Fsp3) is 0.455. The molecule has 0 amide bonds. The third-order valence-electron chi connectivity index (χ3n) is 1.96. The molecule has 1 atom stereocenters. The van der Waals surface area contributed by atoms with Gasteiger partial charge in [0.1, 0.15) is 6.29 Å². The zero-order chi connectivity index (χ0) is 11.1. The van der Waals surface area contributed by atoms with Crippen molar-refractivity contribution >= 4 is 18.0 Å². The maximum atomic E-state index is 10.3. The van der Waals surface area contributed by atoms with Crippen molar-refractivity contribution in [2.75, 3.05) is 5.75 Å². The second kappa shape index (κ2) is 6.58. The SMILES string of the molecule is CCc1cccc(CSC[C@H](N)C=O)n1. The van der Waals surface area contributed by atoms with E-state index < -0.39 is 0 Å². The lowest BCUT2D eigenvalue weighted by Gasteiger charge is -2.04. The van der Waals surface area contributed by atoms with Gasteiger partial charge in [-0.1, -0.05) is 13.0 Å². The molecule has 0 spiro atoms. The summed E-state index contributed by atoms with van der Waals surface area (Å²) in [6.07, 6.45) is 1.73. The Morgan fingerprint density at radius 1 is 1.53 bits per heavy atom. The van der Waals surface area contributed by atoms with E-state index in [-0.39, 0.29) is 6.04 Å². The van der Waals surface area contributed by atoms with Gasteiger partial charge in [-0.05, 0) is 18.6 Å². The summed E-state index contributed by atoms with van der Waals surface area (Å²) in [5.41, 5.74) is 7.64. The molecule has 0 radical (unpaired) electrons. The van der Waals surface area contributed by atoms with Crippen molar-refractivity contribution in [3.05, 3.63) is 29.6 Å². The number of nitrogens with zero attached hydrogens (tertiary/aromatic N) is 1. The first kappa shape index (κ1) is 12.2. The van der Waals surface area contributed by atoms with E-state index in [2.05, 4.69) is 11.9 Å². The molecule has 15 heavy (non-hydrogen) atoms. The van der Waals surface area contributed by atoms with Crippen molar-refractivity contribution < 1.29 is 4.79 Å². The highest BCUT2D eigenvalue weighted by Gasteiger charge is 2.01. The molecule has 0 fully saturated rings. The Bertz CT molecular complexity index is 317. The predicted molar refractivity (Wildman–Crippen MR) is 63.8 cm³/mol. The molecule has 1 aromatic heterocycles. The van der Waals surface area contributed by atoms with E-state index in [1.165, 1.54) is 0 Å². The van der Waals surface area contributed by atoms with Gasteiger partial charge < -0.3 is 10.5 Å². The Labute approximate surface area is 94.5 Å². The monoisotopic (exact) mass is 224 g/mol. The van der Waals surface area contributed by atoms with Crippen LogP contribution >= 0.6 is 11.8 Å². The molecule has 0 aliphatic heterocycles. The first-order chi connectivity index (χ1) is 7.26. The highest BCUT2D eigenvalue weighted by Crippen LogP contribution is 2.11. The Morgan fingerprint density at radius 2 is 2.27 bits per heavy atom. The summed E-state index contributed by atoms with van der Waals surface area (Å²) in [6, 6.07) is 5.68. The van der Waals surface area contributed by atoms with Gasteiger partial charge >= 0.3 is 0 Å². The number of aldehydes is 1. The lowest BCUT2D eigenvalue weighted by atomic mass is 10.3. The minimum Gasteiger partial charge on any atom is -0.321 e. The van der Waals surface area contributed by atoms with E-state index in [9.17, 15) is 4.79 Å². The maximum Gasteiger partial charge on any atom is 0.137 e. The van der Waals surface area contributed by atoms with Crippen LogP contribution in [0.5, 0.6) is 0 Å². The second-order valence-electron chi connectivity index (χ2n) is 3.29. The molecular formula is C11H16N2OS. The van der Waals surface area contributed by atoms with Crippen LogP contribution in [0.15, 0.2) is 18.2 Å². The Balaban J connectivity index is 2.40. The van der Waals surface area contributed by atoms with E-state index in [4.69, 9.17) is 5.73 Å². The second-order valence-corrected chi connectivity index (χ2v) is 4.32.